The van der Waals surface area contributed by atoms with E-state index in [0.29, 0.717) is 11.5 Å². The van der Waals surface area contributed by atoms with Crippen LogP contribution in [0.25, 0.3) is 0 Å². The van der Waals surface area contributed by atoms with E-state index >= 15 is 0 Å². The fourth-order valence-corrected chi connectivity index (χ4v) is 3.13. The van der Waals surface area contributed by atoms with Crippen LogP contribution in [0.1, 0.15) is 0 Å². The molecule has 0 fully saturated rings. The Hall–Kier alpha value is -2.25. The molecular formula is C16H19NO5S. The molecule has 2 rings (SSSR count). The van der Waals surface area contributed by atoms with E-state index in [1.54, 1.807) is 24.3 Å². The number of benzene rings is 2. The lowest BCUT2D eigenvalue weighted by Crippen LogP contribution is -2.28. The first kappa shape index (κ1) is 17.1. The average Bonchev–Trinajstić information content (AvgIpc) is 2.59. The monoisotopic (exact) mass is 337 g/mol. The van der Waals surface area contributed by atoms with Gasteiger partial charge in [0.1, 0.15) is 28.8 Å². The number of methoxy groups -OCH3 is 2. The highest BCUT2D eigenvalue weighted by Crippen LogP contribution is 2.27. The molecule has 0 atom stereocenters. The molecule has 2 aromatic rings. The smallest absolute Gasteiger partial charge is 0.244 e. The topological polar surface area (TPSA) is 73.9 Å². The number of hydrogen-bond acceptors (Lipinski definition) is 5. The fraction of sp³-hybridized carbons (Fsp3) is 0.250. The van der Waals surface area contributed by atoms with Crippen LogP contribution in [-0.2, 0) is 10.0 Å². The third kappa shape index (κ3) is 4.61. The molecule has 0 aliphatic rings. The number of rotatable bonds is 8. The number of sulfonamides is 1. The molecule has 0 heterocycles. The van der Waals surface area contributed by atoms with E-state index in [0.717, 1.165) is 0 Å². The van der Waals surface area contributed by atoms with E-state index in [1.165, 1.54) is 20.3 Å². The van der Waals surface area contributed by atoms with Gasteiger partial charge >= 0.3 is 0 Å². The van der Waals surface area contributed by atoms with Gasteiger partial charge in [-0.1, -0.05) is 18.2 Å². The van der Waals surface area contributed by atoms with E-state index in [2.05, 4.69) is 4.72 Å². The summed E-state index contributed by atoms with van der Waals surface area (Å²) >= 11 is 0. The molecule has 0 radical (unpaired) electrons. The molecule has 0 amide bonds. The summed E-state index contributed by atoms with van der Waals surface area (Å²) in [5, 5.41) is 0. The summed E-state index contributed by atoms with van der Waals surface area (Å²) in [6.07, 6.45) is 0. The van der Waals surface area contributed by atoms with Gasteiger partial charge in [-0.25, -0.2) is 13.1 Å². The van der Waals surface area contributed by atoms with Crippen molar-refractivity contribution in [3.8, 4) is 17.2 Å². The number of para-hydroxylation sites is 1. The van der Waals surface area contributed by atoms with Crippen LogP contribution in [-0.4, -0.2) is 35.8 Å². The summed E-state index contributed by atoms with van der Waals surface area (Å²) in [5.41, 5.74) is 0. The maximum Gasteiger partial charge on any atom is 0.244 e. The summed E-state index contributed by atoms with van der Waals surface area (Å²) in [6.45, 7) is 0.354. The highest BCUT2D eigenvalue weighted by Gasteiger charge is 2.20. The van der Waals surface area contributed by atoms with Crippen LogP contribution in [0.4, 0.5) is 0 Å². The normalized spacial score (nSPS) is 11.0. The van der Waals surface area contributed by atoms with Gasteiger partial charge in [-0.2, -0.15) is 0 Å². The molecular weight excluding hydrogens is 318 g/mol. The van der Waals surface area contributed by atoms with E-state index in [9.17, 15) is 8.42 Å². The highest BCUT2D eigenvalue weighted by atomic mass is 32.2. The van der Waals surface area contributed by atoms with Gasteiger partial charge in [0.15, 0.2) is 0 Å². The summed E-state index contributed by atoms with van der Waals surface area (Å²) in [5.74, 6) is 1.37. The zero-order chi connectivity index (χ0) is 16.7. The SMILES string of the molecule is COc1ccc(OC)c(S(=O)(=O)NCCOc2ccccc2)c1. The van der Waals surface area contributed by atoms with Gasteiger partial charge < -0.3 is 14.2 Å². The quantitative estimate of drug-likeness (QED) is 0.747. The molecule has 23 heavy (non-hydrogen) atoms. The van der Waals surface area contributed by atoms with Crippen LogP contribution in [0, 0.1) is 0 Å². The maximum absolute atomic E-state index is 12.4. The molecule has 7 heteroatoms. The second kappa shape index (κ2) is 7.85. The van der Waals surface area contributed by atoms with Crippen molar-refractivity contribution in [2.75, 3.05) is 27.4 Å². The standard InChI is InChI=1S/C16H19NO5S/c1-20-14-8-9-15(21-2)16(12-14)23(18,19)17-10-11-22-13-6-4-3-5-7-13/h3-9,12,17H,10-11H2,1-2H3. The van der Waals surface area contributed by atoms with Gasteiger partial charge in [-0.05, 0) is 24.3 Å². The Balaban J connectivity index is 2.01. The highest BCUT2D eigenvalue weighted by molar-refractivity contribution is 7.89. The largest absolute Gasteiger partial charge is 0.497 e. The van der Waals surface area contributed by atoms with Crippen LogP contribution in [0.5, 0.6) is 17.2 Å². The van der Waals surface area contributed by atoms with Crippen molar-refractivity contribution >= 4 is 10.0 Å². The summed E-state index contributed by atoms with van der Waals surface area (Å²) in [4.78, 5) is 0.0269. The molecule has 0 unspecified atom stereocenters. The molecule has 0 saturated heterocycles. The zero-order valence-electron chi connectivity index (χ0n) is 13.0. The molecule has 2 aromatic carbocycles. The van der Waals surface area contributed by atoms with Crippen LogP contribution >= 0.6 is 0 Å². The Morgan fingerprint density at radius 2 is 1.70 bits per heavy atom. The molecule has 0 spiro atoms. The van der Waals surface area contributed by atoms with E-state index < -0.39 is 10.0 Å². The number of hydrogen-bond donors (Lipinski definition) is 1. The summed E-state index contributed by atoms with van der Waals surface area (Å²) < 4.78 is 42.9. The van der Waals surface area contributed by atoms with Crippen LogP contribution in [0.3, 0.4) is 0 Å². The second-order valence-electron chi connectivity index (χ2n) is 4.58. The second-order valence-corrected chi connectivity index (χ2v) is 6.31. The molecule has 1 N–H and O–H groups in total. The third-order valence-electron chi connectivity index (χ3n) is 3.07. The maximum atomic E-state index is 12.4. The first-order valence-corrected chi connectivity index (χ1v) is 8.44. The van der Waals surface area contributed by atoms with Crippen molar-refractivity contribution in [1.29, 1.82) is 0 Å². The fourth-order valence-electron chi connectivity index (χ4n) is 1.93. The van der Waals surface area contributed by atoms with Crippen molar-refractivity contribution in [1.82, 2.24) is 4.72 Å². The van der Waals surface area contributed by atoms with Gasteiger partial charge in [0.05, 0.1) is 14.2 Å². The van der Waals surface area contributed by atoms with Crippen molar-refractivity contribution in [3.63, 3.8) is 0 Å². The minimum atomic E-state index is -3.73. The van der Waals surface area contributed by atoms with Crippen molar-refractivity contribution in [2.45, 2.75) is 4.90 Å². The summed E-state index contributed by atoms with van der Waals surface area (Å²) in [7, 11) is -0.837. The Kier molecular flexibility index (Phi) is 5.84. The number of nitrogens with one attached hydrogen (secondary N) is 1. The Bertz CT molecular complexity index is 731. The van der Waals surface area contributed by atoms with Gasteiger partial charge in [0.2, 0.25) is 10.0 Å². The van der Waals surface area contributed by atoms with E-state index in [-0.39, 0.29) is 23.8 Å². The third-order valence-corrected chi connectivity index (χ3v) is 4.55. The van der Waals surface area contributed by atoms with Crippen LogP contribution in [0.2, 0.25) is 0 Å². The minimum absolute atomic E-state index is 0.0269. The Morgan fingerprint density at radius 3 is 2.35 bits per heavy atom. The lowest BCUT2D eigenvalue weighted by molar-refractivity contribution is 0.322. The van der Waals surface area contributed by atoms with Crippen LogP contribution in [0.15, 0.2) is 53.4 Å². The molecule has 0 bridgehead atoms. The van der Waals surface area contributed by atoms with Crippen LogP contribution < -0.4 is 18.9 Å². The molecule has 0 aliphatic heterocycles. The Labute approximate surface area is 136 Å². The lowest BCUT2D eigenvalue weighted by atomic mass is 10.3. The zero-order valence-corrected chi connectivity index (χ0v) is 13.8. The van der Waals surface area contributed by atoms with Crippen molar-refractivity contribution in [3.05, 3.63) is 48.5 Å². The van der Waals surface area contributed by atoms with E-state index in [4.69, 9.17) is 14.2 Å². The predicted octanol–water partition coefficient (Wildman–Crippen LogP) is 2.06. The van der Waals surface area contributed by atoms with Gasteiger partial charge in [-0.15, -0.1) is 0 Å². The molecule has 124 valence electrons. The molecule has 0 aliphatic carbocycles. The van der Waals surface area contributed by atoms with E-state index in [1.807, 2.05) is 18.2 Å². The molecule has 0 saturated carbocycles. The lowest BCUT2D eigenvalue weighted by Gasteiger charge is -2.12. The Morgan fingerprint density at radius 1 is 0.957 bits per heavy atom. The van der Waals surface area contributed by atoms with Gasteiger partial charge in [0.25, 0.3) is 0 Å². The predicted molar refractivity (Wildman–Crippen MR) is 86.7 cm³/mol. The minimum Gasteiger partial charge on any atom is -0.497 e. The molecule has 6 nitrogen and oxygen atoms in total. The molecule has 0 aromatic heterocycles. The van der Waals surface area contributed by atoms with Gasteiger partial charge in [-0.3, -0.25) is 0 Å². The average molecular weight is 337 g/mol. The first-order chi connectivity index (χ1) is 11.1. The van der Waals surface area contributed by atoms with Crippen molar-refractivity contribution < 1.29 is 22.6 Å². The van der Waals surface area contributed by atoms with Crippen molar-refractivity contribution in [2.24, 2.45) is 0 Å². The number of ether oxygens (including phenoxy) is 3. The first-order valence-electron chi connectivity index (χ1n) is 6.96. The van der Waals surface area contributed by atoms with Gasteiger partial charge in [0, 0.05) is 12.6 Å². The summed E-state index contributed by atoms with van der Waals surface area (Å²) in [6, 6.07) is 13.8.